The van der Waals surface area contributed by atoms with E-state index in [2.05, 4.69) is 15.0 Å². The SMILES string of the molecule is CCOC(=O)CNC(=O)CSc1ccccn1. The van der Waals surface area contributed by atoms with Crippen molar-refractivity contribution in [3.63, 3.8) is 0 Å². The Labute approximate surface area is 104 Å². The van der Waals surface area contributed by atoms with Crippen LogP contribution in [0.25, 0.3) is 0 Å². The molecule has 1 rings (SSSR count). The summed E-state index contributed by atoms with van der Waals surface area (Å²) in [7, 11) is 0. The number of esters is 1. The molecule has 0 saturated heterocycles. The van der Waals surface area contributed by atoms with Gasteiger partial charge in [-0.15, -0.1) is 0 Å². The lowest BCUT2D eigenvalue weighted by Crippen LogP contribution is -2.31. The topological polar surface area (TPSA) is 68.3 Å². The molecule has 0 radical (unpaired) electrons. The van der Waals surface area contributed by atoms with Gasteiger partial charge < -0.3 is 10.1 Å². The van der Waals surface area contributed by atoms with Crippen LogP contribution in [0.5, 0.6) is 0 Å². The van der Waals surface area contributed by atoms with Crippen molar-refractivity contribution < 1.29 is 14.3 Å². The Balaban J connectivity index is 2.20. The molecule has 92 valence electrons. The molecular formula is C11H14N2O3S. The van der Waals surface area contributed by atoms with E-state index in [9.17, 15) is 9.59 Å². The first-order valence-electron chi connectivity index (χ1n) is 5.18. The van der Waals surface area contributed by atoms with E-state index in [0.717, 1.165) is 5.03 Å². The Kier molecular flexibility index (Phi) is 6.09. The predicted molar refractivity (Wildman–Crippen MR) is 64.6 cm³/mol. The van der Waals surface area contributed by atoms with Gasteiger partial charge >= 0.3 is 5.97 Å². The summed E-state index contributed by atoms with van der Waals surface area (Å²) in [5.41, 5.74) is 0. The number of amides is 1. The minimum Gasteiger partial charge on any atom is -0.465 e. The Morgan fingerprint density at radius 1 is 1.47 bits per heavy atom. The molecule has 0 aliphatic heterocycles. The average Bonchev–Trinajstić information content (AvgIpc) is 2.35. The first-order valence-corrected chi connectivity index (χ1v) is 6.17. The zero-order valence-corrected chi connectivity index (χ0v) is 10.3. The highest BCUT2D eigenvalue weighted by molar-refractivity contribution is 7.99. The van der Waals surface area contributed by atoms with Gasteiger partial charge in [-0.25, -0.2) is 4.98 Å². The van der Waals surface area contributed by atoms with Crippen LogP contribution in [-0.4, -0.2) is 35.8 Å². The van der Waals surface area contributed by atoms with Crippen molar-refractivity contribution in [1.82, 2.24) is 10.3 Å². The number of hydrogen-bond acceptors (Lipinski definition) is 5. The van der Waals surface area contributed by atoms with Crippen LogP contribution in [0.4, 0.5) is 0 Å². The minimum atomic E-state index is -0.427. The Morgan fingerprint density at radius 3 is 2.94 bits per heavy atom. The summed E-state index contributed by atoms with van der Waals surface area (Å²) in [6.45, 7) is 1.95. The van der Waals surface area contributed by atoms with Gasteiger partial charge in [0.15, 0.2) is 0 Å². The number of hydrogen-bond donors (Lipinski definition) is 1. The first-order chi connectivity index (χ1) is 8.22. The number of pyridine rings is 1. The van der Waals surface area contributed by atoms with Gasteiger partial charge in [-0.3, -0.25) is 9.59 Å². The van der Waals surface area contributed by atoms with Gasteiger partial charge in [0.05, 0.1) is 17.4 Å². The minimum absolute atomic E-state index is 0.0878. The van der Waals surface area contributed by atoms with Crippen molar-refractivity contribution in [2.24, 2.45) is 0 Å². The highest BCUT2D eigenvalue weighted by Gasteiger charge is 2.06. The van der Waals surface area contributed by atoms with Gasteiger partial charge in [0.2, 0.25) is 5.91 Å². The fourth-order valence-electron chi connectivity index (χ4n) is 1.01. The zero-order valence-electron chi connectivity index (χ0n) is 9.51. The third kappa shape index (κ3) is 5.91. The molecule has 6 heteroatoms. The van der Waals surface area contributed by atoms with E-state index in [-0.39, 0.29) is 18.2 Å². The molecule has 1 aromatic rings. The summed E-state index contributed by atoms with van der Waals surface area (Å²) in [4.78, 5) is 26.4. The number of nitrogens with zero attached hydrogens (tertiary/aromatic N) is 1. The van der Waals surface area contributed by atoms with Crippen LogP contribution in [0.1, 0.15) is 6.92 Å². The molecule has 17 heavy (non-hydrogen) atoms. The Hall–Kier alpha value is -1.56. The second-order valence-corrected chi connectivity index (χ2v) is 4.03. The number of nitrogens with one attached hydrogen (secondary N) is 1. The maximum absolute atomic E-state index is 11.4. The maximum atomic E-state index is 11.4. The van der Waals surface area contributed by atoms with Crippen LogP contribution in [0.15, 0.2) is 29.4 Å². The molecule has 1 heterocycles. The fraction of sp³-hybridized carbons (Fsp3) is 0.364. The number of carbonyl (C=O) groups excluding carboxylic acids is 2. The molecule has 0 saturated carbocycles. The molecule has 1 N–H and O–H groups in total. The van der Waals surface area contributed by atoms with Gasteiger partial charge in [0, 0.05) is 6.20 Å². The molecule has 0 spiro atoms. The quantitative estimate of drug-likeness (QED) is 0.602. The lowest BCUT2D eigenvalue weighted by atomic mass is 10.5. The van der Waals surface area contributed by atoms with Crippen LogP contribution in [0, 0.1) is 0 Å². The molecule has 0 aliphatic carbocycles. The summed E-state index contributed by atoms with van der Waals surface area (Å²) < 4.78 is 4.68. The standard InChI is InChI=1S/C11H14N2O3S/c1-2-16-11(15)7-13-9(14)8-17-10-5-3-4-6-12-10/h3-6H,2,7-8H2,1H3,(H,13,14). The fourth-order valence-corrected chi connectivity index (χ4v) is 1.70. The largest absolute Gasteiger partial charge is 0.465 e. The Morgan fingerprint density at radius 2 is 2.29 bits per heavy atom. The van der Waals surface area contributed by atoms with Crippen molar-refractivity contribution >= 4 is 23.6 Å². The highest BCUT2D eigenvalue weighted by atomic mass is 32.2. The lowest BCUT2D eigenvalue weighted by Gasteiger charge is -2.04. The van der Waals surface area contributed by atoms with E-state index in [4.69, 9.17) is 0 Å². The normalized spacial score (nSPS) is 9.71. The highest BCUT2D eigenvalue weighted by Crippen LogP contribution is 2.12. The number of carbonyl (C=O) groups is 2. The van der Waals surface area contributed by atoms with Gasteiger partial charge in [0.25, 0.3) is 0 Å². The van der Waals surface area contributed by atoms with E-state index in [1.165, 1.54) is 11.8 Å². The van der Waals surface area contributed by atoms with Gasteiger partial charge in [-0.2, -0.15) is 0 Å². The zero-order chi connectivity index (χ0) is 12.5. The molecule has 0 aromatic carbocycles. The Bertz CT molecular complexity index is 370. The van der Waals surface area contributed by atoms with Gasteiger partial charge in [-0.1, -0.05) is 17.8 Å². The summed E-state index contributed by atoms with van der Waals surface area (Å²) in [6.07, 6.45) is 1.67. The number of aromatic nitrogens is 1. The van der Waals surface area contributed by atoms with Gasteiger partial charge in [0.1, 0.15) is 6.54 Å². The molecule has 0 aliphatic rings. The third-order valence-electron chi connectivity index (χ3n) is 1.72. The van der Waals surface area contributed by atoms with Crippen molar-refractivity contribution in [1.29, 1.82) is 0 Å². The average molecular weight is 254 g/mol. The van der Waals surface area contributed by atoms with Crippen molar-refractivity contribution in [3.05, 3.63) is 24.4 Å². The van der Waals surface area contributed by atoms with E-state index in [0.29, 0.717) is 6.61 Å². The summed E-state index contributed by atoms with van der Waals surface area (Å²) >= 11 is 1.32. The van der Waals surface area contributed by atoms with Crippen molar-refractivity contribution in [2.75, 3.05) is 18.9 Å². The lowest BCUT2D eigenvalue weighted by molar-refractivity contribution is -0.143. The smallest absolute Gasteiger partial charge is 0.325 e. The summed E-state index contributed by atoms with van der Waals surface area (Å²) in [5, 5.41) is 3.25. The monoisotopic (exact) mass is 254 g/mol. The number of rotatable bonds is 6. The second-order valence-electron chi connectivity index (χ2n) is 3.04. The molecule has 0 bridgehead atoms. The van der Waals surface area contributed by atoms with Crippen LogP contribution >= 0.6 is 11.8 Å². The third-order valence-corrected chi connectivity index (χ3v) is 2.67. The van der Waals surface area contributed by atoms with E-state index in [1.807, 2.05) is 18.2 Å². The van der Waals surface area contributed by atoms with Crippen LogP contribution in [-0.2, 0) is 14.3 Å². The molecule has 0 fully saturated rings. The molecule has 1 amide bonds. The second kappa shape index (κ2) is 7.67. The van der Waals surface area contributed by atoms with Crippen LogP contribution in [0.3, 0.4) is 0 Å². The van der Waals surface area contributed by atoms with Crippen LogP contribution < -0.4 is 5.32 Å². The van der Waals surface area contributed by atoms with E-state index in [1.54, 1.807) is 13.1 Å². The molecule has 5 nitrogen and oxygen atoms in total. The first kappa shape index (κ1) is 13.5. The molecule has 0 unspecified atom stereocenters. The summed E-state index contributed by atoms with van der Waals surface area (Å²) in [6, 6.07) is 5.49. The predicted octanol–water partition coefficient (Wildman–Crippen LogP) is 0.853. The molecule has 0 atom stereocenters. The molecule has 1 aromatic heterocycles. The summed E-state index contributed by atoms with van der Waals surface area (Å²) in [5.74, 6) is -0.409. The van der Waals surface area contributed by atoms with E-state index < -0.39 is 5.97 Å². The molecular weight excluding hydrogens is 240 g/mol. The van der Waals surface area contributed by atoms with E-state index >= 15 is 0 Å². The van der Waals surface area contributed by atoms with Crippen molar-refractivity contribution in [2.45, 2.75) is 11.9 Å². The van der Waals surface area contributed by atoms with Gasteiger partial charge in [-0.05, 0) is 19.1 Å². The number of thioether (sulfide) groups is 1. The maximum Gasteiger partial charge on any atom is 0.325 e. The van der Waals surface area contributed by atoms with Crippen LogP contribution in [0.2, 0.25) is 0 Å². The number of ether oxygens (including phenoxy) is 1. The van der Waals surface area contributed by atoms with Crippen molar-refractivity contribution in [3.8, 4) is 0 Å².